The van der Waals surface area contributed by atoms with Crippen LogP contribution in [-0.2, 0) is 12.8 Å². The normalized spacial score (nSPS) is 23.6. The number of rotatable bonds is 5. The second-order valence-electron chi connectivity index (χ2n) is 6.62. The summed E-state index contributed by atoms with van der Waals surface area (Å²) in [5, 5.41) is 12.7. The molecule has 0 aromatic heterocycles. The number of piperidine rings is 1. The molecule has 3 heteroatoms. The number of hydrogen-bond acceptors (Lipinski definition) is 3. The molecular weight excluding hydrogens is 260 g/mol. The molecule has 0 amide bonds. The second-order valence-corrected chi connectivity index (χ2v) is 6.62. The zero-order chi connectivity index (χ0) is 14.7. The van der Waals surface area contributed by atoms with Gasteiger partial charge in [0.05, 0.1) is 0 Å². The van der Waals surface area contributed by atoms with Crippen LogP contribution in [-0.4, -0.2) is 41.8 Å². The Labute approximate surface area is 128 Å². The molecule has 1 saturated heterocycles. The largest absolute Gasteiger partial charge is 0.396 e. The van der Waals surface area contributed by atoms with E-state index >= 15 is 0 Å². The highest BCUT2D eigenvalue weighted by Gasteiger charge is 2.26. The summed E-state index contributed by atoms with van der Waals surface area (Å²) < 4.78 is 0. The van der Waals surface area contributed by atoms with Crippen molar-refractivity contribution in [3.8, 4) is 0 Å². The first kappa shape index (κ1) is 14.9. The summed E-state index contributed by atoms with van der Waals surface area (Å²) in [6.07, 6.45) is 7.08. The standard InChI is InChI=1S/C18H28N2O/c1-14(20-10-3-2-4-17(20)8-11-21)12-15-5-6-18-16(13-15)7-9-19-18/h5-6,13-14,17,19,21H,2-4,7-12H2,1H3. The number of aliphatic hydroxyl groups excluding tert-OH is 1. The number of benzene rings is 1. The molecule has 1 aromatic carbocycles. The molecule has 2 unspecified atom stereocenters. The van der Waals surface area contributed by atoms with Gasteiger partial charge in [0.15, 0.2) is 0 Å². The van der Waals surface area contributed by atoms with Gasteiger partial charge in [-0.05, 0) is 62.8 Å². The smallest absolute Gasteiger partial charge is 0.0445 e. The molecule has 0 spiro atoms. The molecule has 3 rings (SSSR count). The zero-order valence-corrected chi connectivity index (χ0v) is 13.1. The fraction of sp³-hybridized carbons (Fsp3) is 0.667. The van der Waals surface area contributed by atoms with E-state index < -0.39 is 0 Å². The molecule has 0 radical (unpaired) electrons. The lowest BCUT2D eigenvalue weighted by Crippen LogP contribution is -2.46. The molecule has 21 heavy (non-hydrogen) atoms. The molecule has 2 heterocycles. The fourth-order valence-corrected chi connectivity index (χ4v) is 4.01. The molecule has 2 atom stereocenters. The van der Waals surface area contributed by atoms with Gasteiger partial charge in [0.2, 0.25) is 0 Å². The highest BCUT2D eigenvalue weighted by Crippen LogP contribution is 2.26. The first-order chi connectivity index (χ1) is 10.3. The molecule has 2 aliphatic heterocycles. The summed E-state index contributed by atoms with van der Waals surface area (Å²) in [5.74, 6) is 0. The third kappa shape index (κ3) is 3.41. The van der Waals surface area contributed by atoms with E-state index in [4.69, 9.17) is 0 Å². The number of nitrogens with zero attached hydrogens (tertiary/aromatic N) is 1. The topological polar surface area (TPSA) is 35.5 Å². The van der Waals surface area contributed by atoms with Crippen LogP contribution in [0.2, 0.25) is 0 Å². The molecule has 3 nitrogen and oxygen atoms in total. The van der Waals surface area contributed by atoms with E-state index in [0.29, 0.717) is 18.7 Å². The van der Waals surface area contributed by atoms with Crippen molar-refractivity contribution in [3.05, 3.63) is 29.3 Å². The highest BCUT2D eigenvalue weighted by molar-refractivity contribution is 5.56. The van der Waals surface area contributed by atoms with E-state index in [9.17, 15) is 5.11 Å². The number of anilines is 1. The minimum absolute atomic E-state index is 0.318. The van der Waals surface area contributed by atoms with E-state index in [0.717, 1.165) is 25.8 Å². The van der Waals surface area contributed by atoms with Crippen LogP contribution in [0.4, 0.5) is 5.69 Å². The van der Waals surface area contributed by atoms with Crippen LogP contribution in [0.15, 0.2) is 18.2 Å². The lowest BCUT2D eigenvalue weighted by atomic mass is 9.95. The number of likely N-dealkylation sites (tertiary alicyclic amines) is 1. The number of aliphatic hydroxyl groups is 1. The average Bonchev–Trinajstić information content (AvgIpc) is 2.95. The van der Waals surface area contributed by atoms with Crippen molar-refractivity contribution in [2.45, 2.75) is 57.5 Å². The van der Waals surface area contributed by atoms with Crippen LogP contribution in [0.3, 0.4) is 0 Å². The molecule has 0 bridgehead atoms. The van der Waals surface area contributed by atoms with E-state index in [1.165, 1.54) is 42.6 Å². The maximum atomic E-state index is 9.28. The summed E-state index contributed by atoms with van der Waals surface area (Å²) in [4.78, 5) is 2.63. The maximum Gasteiger partial charge on any atom is 0.0445 e. The van der Waals surface area contributed by atoms with E-state index in [2.05, 4.69) is 35.3 Å². The Bertz CT molecular complexity index is 472. The van der Waals surface area contributed by atoms with Gasteiger partial charge in [0.25, 0.3) is 0 Å². The van der Waals surface area contributed by atoms with E-state index in [-0.39, 0.29) is 0 Å². The van der Waals surface area contributed by atoms with Gasteiger partial charge in [-0.2, -0.15) is 0 Å². The second kappa shape index (κ2) is 6.80. The summed E-state index contributed by atoms with van der Waals surface area (Å²) in [7, 11) is 0. The summed E-state index contributed by atoms with van der Waals surface area (Å²) in [6, 6.07) is 8.05. The number of fused-ring (bicyclic) bond motifs is 1. The van der Waals surface area contributed by atoms with Gasteiger partial charge in [0, 0.05) is 30.9 Å². The van der Waals surface area contributed by atoms with Crippen LogP contribution in [0.25, 0.3) is 0 Å². The molecule has 0 aliphatic carbocycles. The summed E-state index contributed by atoms with van der Waals surface area (Å²) >= 11 is 0. The Hall–Kier alpha value is -1.06. The third-order valence-electron chi connectivity index (χ3n) is 5.11. The molecule has 116 valence electrons. The minimum Gasteiger partial charge on any atom is -0.396 e. The van der Waals surface area contributed by atoms with Crippen molar-refractivity contribution in [2.24, 2.45) is 0 Å². The summed E-state index contributed by atoms with van der Waals surface area (Å²) in [6.45, 7) is 4.94. The van der Waals surface area contributed by atoms with Gasteiger partial charge in [-0.3, -0.25) is 4.90 Å². The predicted octanol–water partition coefficient (Wildman–Crippen LogP) is 2.82. The Morgan fingerprint density at radius 1 is 1.38 bits per heavy atom. The highest BCUT2D eigenvalue weighted by atomic mass is 16.3. The van der Waals surface area contributed by atoms with Crippen LogP contribution >= 0.6 is 0 Å². The van der Waals surface area contributed by atoms with Crippen molar-refractivity contribution in [2.75, 3.05) is 25.0 Å². The first-order valence-electron chi connectivity index (χ1n) is 8.50. The van der Waals surface area contributed by atoms with Crippen molar-refractivity contribution < 1.29 is 5.11 Å². The molecule has 2 N–H and O–H groups in total. The zero-order valence-electron chi connectivity index (χ0n) is 13.1. The van der Waals surface area contributed by atoms with E-state index in [1.807, 2.05) is 0 Å². The Morgan fingerprint density at radius 2 is 2.29 bits per heavy atom. The number of nitrogens with one attached hydrogen (secondary N) is 1. The molecule has 0 saturated carbocycles. The van der Waals surface area contributed by atoms with Gasteiger partial charge in [-0.25, -0.2) is 0 Å². The first-order valence-corrected chi connectivity index (χ1v) is 8.50. The van der Waals surface area contributed by atoms with Gasteiger partial charge in [-0.1, -0.05) is 18.6 Å². The van der Waals surface area contributed by atoms with Gasteiger partial charge >= 0.3 is 0 Å². The quantitative estimate of drug-likeness (QED) is 0.874. The minimum atomic E-state index is 0.318. The summed E-state index contributed by atoms with van der Waals surface area (Å²) in [5.41, 5.74) is 4.26. The Kier molecular flexibility index (Phi) is 4.81. The average molecular weight is 288 g/mol. The van der Waals surface area contributed by atoms with Crippen molar-refractivity contribution in [1.82, 2.24) is 4.90 Å². The van der Waals surface area contributed by atoms with Crippen molar-refractivity contribution >= 4 is 5.69 Å². The van der Waals surface area contributed by atoms with Crippen molar-refractivity contribution in [1.29, 1.82) is 0 Å². The SMILES string of the molecule is CC(Cc1ccc2c(c1)CCN2)N1CCCCC1CCO. The Morgan fingerprint density at radius 3 is 3.14 bits per heavy atom. The number of hydrogen-bond donors (Lipinski definition) is 2. The third-order valence-corrected chi connectivity index (χ3v) is 5.11. The lowest BCUT2D eigenvalue weighted by molar-refractivity contribution is 0.0827. The molecule has 1 aromatic rings. The van der Waals surface area contributed by atoms with Gasteiger partial charge in [-0.15, -0.1) is 0 Å². The van der Waals surface area contributed by atoms with Crippen molar-refractivity contribution in [3.63, 3.8) is 0 Å². The monoisotopic (exact) mass is 288 g/mol. The maximum absolute atomic E-state index is 9.28. The van der Waals surface area contributed by atoms with Crippen LogP contribution in [0.5, 0.6) is 0 Å². The molecule has 1 fully saturated rings. The van der Waals surface area contributed by atoms with Gasteiger partial charge in [0.1, 0.15) is 0 Å². The molecule has 2 aliphatic rings. The van der Waals surface area contributed by atoms with Crippen LogP contribution < -0.4 is 5.32 Å². The fourth-order valence-electron chi connectivity index (χ4n) is 4.01. The van der Waals surface area contributed by atoms with Crippen LogP contribution in [0, 0.1) is 0 Å². The lowest BCUT2D eigenvalue weighted by Gasteiger charge is -2.40. The van der Waals surface area contributed by atoms with Gasteiger partial charge < -0.3 is 10.4 Å². The molecular formula is C18H28N2O. The Balaban J connectivity index is 1.65. The predicted molar refractivity (Wildman–Crippen MR) is 87.8 cm³/mol. The van der Waals surface area contributed by atoms with E-state index in [1.54, 1.807) is 0 Å². The van der Waals surface area contributed by atoms with Crippen LogP contribution in [0.1, 0.15) is 43.7 Å².